The number of rotatable bonds is 4. The molecule has 0 radical (unpaired) electrons. The zero-order valence-electron chi connectivity index (χ0n) is 8.95. The number of nitrogens with one attached hydrogen (secondary N) is 1. The van der Waals surface area contributed by atoms with Gasteiger partial charge in [-0.3, -0.25) is 0 Å². The summed E-state index contributed by atoms with van der Waals surface area (Å²) in [5, 5.41) is 3.62. The normalized spacial score (nSPS) is 23.5. The van der Waals surface area contributed by atoms with Crippen LogP contribution >= 0.6 is 0 Å². The molecule has 2 rings (SSSR count). The Morgan fingerprint density at radius 1 is 1.00 bits per heavy atom. The average Bonchev–Trinajstić information content (AvgIpc) is 2.59. The highest BCUT2D eigenvalue weighted by molar-refractivity contribution is 5.37. The van der Waals surface area contributed by atoms with Crippen LogP contribution in [-0.2, 0) is 0 Å². The van der Waals surface area contributed by atoms with Crippen LogP contribution in [-0.4, -0.2) is 0 Å². The lowest BCUT2D eigenvalue weighted by Gasteiger charge is -2.11. The van der Waals surface area contributed by atoms with E-state index in [-0.39, 0.29) is 0 Å². The lowest BCUT2D eigenvalue weighted by molar-refractivity contribution is 0.502. The predicted octanol–water partition coefficient (Wildman–Crippen LogP) is 3.52. The Morgan fingerprint density at radius 2 is 1.47 bits per heavy atom. The lowest BCUT2D eigenvalue weighted by Crippen LogP contribution is -2.16. The minimum Gasteiger partial charge on any atom is -0.302 e. The van der Waals surface area contributed by atoms with Crippen LogP contribution in [0.25, 0.3) is 0 Å². The van der Waals surface area contributed by atoms with Crippen molar-refractivity contribution in [1.82, 2.24) is 5.32 Å². The third-order valence-corrected chi connectivity index (χ3v) is 2.95. The molecule has 0 bridgehead atoms. The summed E-state index contributed by atoms with van der Waals surface area (Å²) in [6, 6.07) is 9.49. The van der Waals surface area contributed by atoms with Gasteiger partial charge in [-0.1, -0.05) is 36.4 Å². The van der Waals surface area contributed by atoms with E-state index < -0.39 is 0 Å². The fourth-order valence-electron chi connectivity index (χ4n) is 2.29. The maximum absolute atomic E-state index is 3.81. The molecule has 0 saturated carbocycles. The van der Waals surface area contributed by atoms with Crippen molar-refractivity contribution in [2.45, 2.75) is 24.9 Å². The molecule has 0 saturated heterocycles. The predicted molar refractivity (Wildman–Crippen MR) is 64.7 cm³/mol. The molecule has 0 fully saturated rings. The zero-order chi connectivity index (χ0) is 10.7. The van der Waals surface area contributed by atoms with Gasteiger partial charge in [-0.15, -0.1) is 13.2 Å². The second-order valence-electron chi connectivity index (χ2n) is 3.95. The topological polar surface area (TPSA) is 12.0 Å². The van der Waals surface area contributed by atoms with Gasteiger partial charge in [-0.2, -0.15) is 0 Å². The Hall–Kier alpha value is -1.34. The summed E-state index contributed by atoms with van der Waals surface area (Å²) in [6.07, 6.45) is 5.94. The first kappa shape index (κ1) is 10.2. The van der Waals surface area contributed by atoms with Crippen molar-refractivity contribution in [3.05, 3.63) is 60.7 Å². The first-order valence-corrected chi connectivity index (χ1v) is 5.43. The smallest absolute Gasteiger partial charge is 0.0363 e. The summed E-state index contributed by atoms with van der Waals surface area (Å²) in [7, 11) is 0. The van der Waals surface area contributed by atoms with Crippen LogP contribution in [0.1, 0.15) is 36.1 Å². The van der Waals surface area contributed by atoms with Crippen LogP contribution in [0.15, 0.2) is 49.6 Å². The molecule has 1 heterocycles. The molecule has 78 valence electrons. The summed E-state index contributed by atoms with van der Waals surface area (Å²) in [4.78, 5) is 0. The second kappa shape index (κ2) is 4.45. The molecule has 0 unspecified atom stereocenters. The highest BCUT2D eigenvalue weighted by Gasteiger charge is 2.27. The Kier molecular flexibility index (Phi) is 3.02. The van der Waals surface area contributed by atoms with Crippen molar-refractivity contribution < 1.29 is 0 Å². The van der Waals surface area contributed by atoms with E-state index in [1.165, 1.54) is 11.1 Å². The highest BCUT2D eigenvalue weighted by Crippen LogP contribution is 2.36. The van der Waals surface area contributed by atoms with Crippen LogP contribution in [0.2, 0.25) is 0 Å². The summed E-state index contributed by atoms with van der Waals surface area (Å²) in [6.45, 7) is 7.62. The van der Waals surface area contributed by atoms with Gasteiger partial charge in [0.25, 0.3) is 0 Å². The van der Waals surface area contributed by atoms with Gasteiger partial charge in [0.2, 0.25) is 0 Å². The summed E-state index contributed by atoms with van der Waals surface area (Å²) >= 11 is 0. The summed E-state index contributed by atoms with van der Waals surface area (Å²) in [5.74, 6) is 0. The minimum atomic E-state index is 0.434. The molecule has 1 aromatic carbocycles. The van der Waals surface area contributed by atoms with Gasteiger partial charge in [0.05, 0.1) is 0 Å². The molecular formula is C14H17N. The van der Waals surface area contributed by atoms with Crippen molar-refractivity contribution >= 4 is 0 Å². The molecule has 1 aliphatic heterocycles. The van der Waals surface area contributed by atoms with E-state index in [1.807, 2.05) is 12.2 Å². The van der Waals surface area contributed by atoms with Crippen molar-refractivity contribution in [2.75, 3.05) is 0 Å². The fraction of sp³-hybridized carbons (Fsp3) is 0.286. The van der Waals surface area contributed by atoms with Gasteiger partial charge in [0.15, 0.2) is 0 Å². The van der Waals surface area contributed by atoms with Gasteiger partial charge in [-0.05, 0) is 24.0 Å². The van der Waals surface area contributed by atoms with Gasteiger partial charge < -0.3 is 5.32 Å². The summed E-state index contributed by atoms with van der Waals surface area (Å²) in [5.41, 5.74) is 2.84. The van der Waals surface area contributed by atoms with E-state index in [2.05, 4.69) is 42.7 Å². The monoisotopic (exact) mass is 199 g/mol. The molecule has 1 aliphatic rings. The number of fused-ring (bicyclic) bond motifs is 1. The number of benzene rings is 1. The third-order valence-electron chi connectivity index (χ3n) is 2.95. The first-order valence-electron chi connectivity index (χ1n) is 5.43. The Balaban J connectivity index is 2.30. The molecule has 0 aromatic heterocycles. The fourth-order valence-corrected chi connectivity index (χ4v) is 2.29. The second-order valence-corrected chi connectivity index (χ2v) is 3.95. The SMILES string of the molecule is C=CC[C@@H]1N[C@@H](CC=C)c2ccccc21. The molecule has 2 atom stereocenters. The Labute approximate surface area is 91.5 Å². The number of hydrogen-bond acceptors (Lipinski definition) is 1. The highest BCUT2D eigenvalue weighted by atomic mass is 15.0. The van der Waals surface area contributed by atoms with E-state index in [0.29, 0.717) is 12.1 Å². The zero-order valence-corrected chi connectivity index (χ0v) is 8.95. The largest absolute Gasteiger partial charge is 0.302 e. The maximum Gasteiger partial charge on any atom is 0.0363 e. The molecule has 0 aliphatic carbocycles. The molecule has 0 amide bonds. The van der Waals surface area contributed by atoms with Gasteiger partial charge in [0, 0.05) is 12.1 Å². The van der Waals surface area contributed by atoms with Crippen LogP contribution in [0.5, 0.6) is 0 Å². The van der Waals surface area contributed by atoms with E-state index in [4.69, 9.17) is 0 Å². The van der Waals surface area contributed by atoms with Crippen LogP contribution in [0, 0.1) is 0 Å². The van der Waals surface area contributed by atoms with Crippen LogP contribution in [0.4, 0.5) is 0 Å². The quantitative estimate of drug-likeness (QED) is 0.731. The van der Waals surface area contributed by atoms with Gasteiger partial charge in [-0.25, -0.2) is 0 Å². The molecular weight excluding hydrogens is 182 g/mol. The number of hydrogen-bond donors (Lipinski definition) is 1. The third kappa shape index (κ3) is 1.88. The van der Waals surface area contributed by atoms with Crippen molar-refractivity contribution in [3.63, 3.8) is 0 Å². The minimum absolute atomic E-state index is 0.434. The van der Waals surface area contributed by atoms with Crippen molar-refractivity contribution in [1.29, 1.82) is 0 Å². The Bertz CT molecular complexity index is 332. The molecule has 1 N–H and O–H groups in total. The molecule has 1 nitrogen and oxygen atoms in total. The Morgan fingerprint density at radius 3 is 1.87 bits per heavy atom. The van der Waals surface area contributed by atoms with Crippen molar-refractivity contribution in [2.24, 2.45) is 0 Å². The molecule has 15 heavy (non-hydrogen) atoms. The summed E-state index contributed by atoms with van der Waals surface area (Å²) < 4.78 is 0. The molecule has 1 aromatic rings. The first-order chi connectivity index (χ1) is 7.36. The van der Waals surface area contributed by atoms with Crippen LogP contribution in [0.3, 0.4) is 0 Å². The van der Waals surface area contributed by atoms with E-state index in [9.17, 15) is 0 Å². The van der Waals surface area contributed by atoms with E-state index >= 15 is 0 Å². The average molecular weight is 199 g/mol. The van der Waals surface area contributed by atoms with Crippen molar-refractivity contribution in [3.8, 4) is 0 Å². The lowest BCUT2D eigenvalue weighted by atomic mass is 9.99. The standard InChI is InChI=1S/C14H17N/c1-3-7-13-11-9-5-6-10-12(11)14(15-13)8-4-2/h3-6,9-10,13-15H,1-2,7-8H2/t13-,14-/m0/s1. The van der Waals surface area contributed by atoms with E-state index in [0.717, 1.165) is 12.8 Å². The van der Waals surface area contributed by atoms with Crippen LogP contribution < -0.4 is 5.32 Å². The van der Waals surface area contributed by atoms with Gasteiger partial charge >= 0.3 is 0 Å². The maximum atomic E-state index is 3.81. The van der Waals surface area contributed by atoms with Gasteiger partial charge in [0.1, 0.15) is 0 Å². The molecule has 1 heteroatoms. The van der Waals surface area contributed by atoms with E-state index in [1.54, 1.807) is 0 Å². The molecule has 0 spiro atoms.